The lowest BCUT2D eigenvalue weighted by atomic mass is 9.97. The lowest BCUT2D eigenvalue weighted by Gasteiger charge is -2.32. The molecule has 108 valence electrons. The smallest absolute Gasteiger partial charge is 0.205 e. The quantitative estimate of drug-likeness (QED) is 0.842. The summed E-state index contributed by atoms with van der Waals surface area (Å²) in [4.78, 5) is 7.15. The Kier molecular flexibility index (Phi) is 5.22. The van der Waals surface area contributed by atoms with Gasteiger partial charge in [0.1, 0.15) is 0 Å². The van der Waals surface area contributed by atoms with Crippen LogP contribution >= 0.6 is 0 Å². The number of hydrogen-bond acceptors (Lipinski definition) is 4. The van der Waals surface area contributed by atoms with Gasteiger partial charge in [0.2, 0.25) is 5.95 Å². The Labute approximate surface area is 115 Å². The van der Waals surface area contributed by atoms with Crippen LogP contribution in [0.2, 0.25) is 0 Å². The maximum absolute atomic E-state index is 5.75. The summed E-state index contributed by atoms with van der Waals surface area (Å²) >= 11 is 0. The first-order valence-corrected chi connectivity index (χ1v) is 7.28. The van der Waals surface area contributed by atoms with Crippen molar-refractivity contribution in [2.24, 2.45) is 11.7 Å². The molecule has 0 saturated carbocycles. The third kappa shape index (κ3) is 3.48. The minimum absolute atomic E-state index is 0.685. The van der Waals surface area contributed by atoms with Gasteiger partial charge in [0.15, 0.2) is 0 Å². The van der Waals surface area contributed by atoms with Crippen molar-refractivity contribution in [3.05, 3.63) is 11.9 Å². The van der Waals surface area contributed by atoms with Gasteiger partial charge in [0.25, 0.3) is 0 Å². The SMILES string of the molecule is CCc1cn(CCOC)c(N2CCC(CN)CC2)n1. The number of aromatic nitrogens is 2. The van der Waals surface area contributed by atoms with Crippen LogP contribution in [0.4, 0.5) is 5.95 Å². The van der Waals surface area contributed by atoms with Gasteiger partial charge in [0, 0.05) is 32.9 Å². The molecular formula is C14H26N4O. The van der Waals surface area contributed by atoms with Gasteiger partial charge < -0.3 is 19.9 Å². The zero-order valence-electron chi connectivity index (χ0n) is 12.1. The van der Waals surface area contributed by atoms with E-state index in [9.17, 15) is 0 Å². The molecule has 1 fully saturated rings. The number of piperidine rings is 1. The van der Waals surface area contributed by atoms with Gasteiger partial charge in [-0.15, -0.1) is 0 Å². The molecule has 19 heavy (non-hydrogen) atoms. The molecule has 2 heterocycles. The highest BCUT2D eigenvalue weighted by Gasteiger charge is 2.21. The van der Waals surface area contributed by atoms with Crippen LogP contribution in [0.25, 0.3) is 0 Å². The van der Waals surface area contributed by atoms with Gasteiger partial charge >= 0.3 is 0 Å². The molecular weight excluding hydrogens is 240 g/mol. The number of imidazole rings is 1. The number of nitrogens with zero attached hydrogens (tertiary/aromatic N) is 3. The minimum atomic E-state index is 0.685. The van der Waals surface area contributed by atoms with Crippen molar-refractivity contribution in [3.63, 3.8) is 0 Å². The number of hydrogen-bond donors (Lipinski definition) is 1. The van der Waals surface area contributed by atoms with E-state index in [1.165, 1.54) is 12.8 Å². The molecule has 5 heteroatoms. The maximum atomic E-state index is 5.75. The predicted octanol–water partition coefficient (Wildman–Crippen LogP) is 1.27. The molecule has 0 bridgehead atoms. The molecule has 0 amide bonds. The van der Waals surface area contributed by atoms with Crippen LogP contribution in [0, 0.1) is 5.92 Å². The van der Waals surface area contributed by atoms with Crippen LogP contribution in [0.1, 0.15) is 25.5 Å². The zero-order valence-corrected chi connectivity index (χ0v) is 12.1. The zero-order chi connectivity index (χ0) is 13.7. The van der Waals surface area contributed by atoms with E-state index in [1.807, 2.05) is 0 Å². The number of methoxy groups -OCH3 is 1. The standard InChI is InChI=1S/C14H26N4O/c1-3-13-11-18(8-9-19-2)14(16-13)17-6-4-12(10-15)5-7-17/h11-12H,3-10,15H2,1-2H3. The van der Waals surface area contributed by atoms with E-state index in [2.05, 4.69) is 22.6 Å². The van der Waals surface area contributed by atoms with Crippen LogP contribution in [0.15, 0.2) is 6.20 Å². The first kappa shape index (κ1) is 14.3. The van der Waals surface area contributed by atoms with Crippen molar-refractivity contribution in [1.29, 1.82) is 0 Å². The molecule has 1 aliphatic heterocycles. The Morgan fingerprint density at radius 1 is 1.42 bits per heavy atom. The second-order valence-corrected chi connectivity index (χ2v) is 5.24. The van der Waals surface area contributed by atoms with Gasteiger partial charge in [-0.25, -0.2) is 4.98 Å². The molecule has 0 aromatic carbocycles. The maximum Gasteiger partial charge on any atom is 0.205 e. The molecule has 2 N–H and O–H groups in total. The second-order valence-electron chi connectivity index (χ2n) is 5.24. The number of rotatable bonds is 6. The third-order valence-electron chi connectivity index (χ3n) is 3.93. The molecule has 0 spiro atoms. The lowest BCUT2D eigenvalue weighted by molar-refractivity contribution is 0.187. The van der Waals surface area contributed by atoms with Crippen LogP contribution in [-0.2, 0) is 17.7 Å². The van der Waals surface area contributed by atoms with E-state index in [4.69, 9.17) is 15.5 Å². The average molecular weight is 266 g/mol. The van der Waals surface area contributed by atoms with E-state index in [-0.39, 0.29) is 0 Å². The fourth-order valence-corrected chi connectivity index (χ4v) is 2.60. The average Bonchev–Trinajstić information content (AvgIpc) is 2.88. The van der Waals surface area contributed by atoms with E-state index >= 15 is 0 Å². The monoisotopic (exact) mass is 266 g/mol. The molecule has 0 atom stereocenters. The molecule has 1 aromatic rings. The van der Waals surface area contributed by atoms with E-state index in [0.717, 1.165) is 50.8 Å². The highest BCUT2D eigenvalue weighted by atomic mass is 16.5. The molecule has 0 aliphatic carbocycles. The van der Waals surface area contributed by atoms with E-state index < -0.39 is 0 Å². The highest BCUT2D eigenvalue weighted by molar-refractivity contribution is 5.34. The van der Waals surface area contributed by atoms with Crippen molar-refractivity contribution < 1.29 is 4.74 Å². The van der Waals surface area contributed by atoms with Crippen molar-refractivity contribution in [2.75, 3.05) is 38.3 Å². The summed E-state index contributed by atoms with van der Waals surface area (Å²) in [5.41, 5.74) is 6.91. The molecule has 5 nitrogen and oxygen atoms in total. The summed E-state index contributed by atoms with van der Waals surface area (Å²) < 4.78 is 7.41. The third-order valence-corrected chi connectivity index (χ3v) is 3.93. The summed E-state index contributed by atoms with van der Waals surface area (Å²) in [6.45, 7) is 6.69. The van der Waals surface area contributed by atoms with Gasteiger partial charge in [-0.3, -0.25) is 0 Å². The van der Waals surface area contributed by atoms with Crippen molar-refractivity contribution in [2.45, 2.75) is 32.7 Å². The topological polar surface area (TPSA) is 56.3 Å². The Bertz CT molecular complexity index is 383. The van der Waals surface area contributed by atoms with Gasteiger partial charge in [-0.2, -0.15) is 0 Å². The van der Waals surface area contributed by atoms with Crippen molar-refractivity contribution in [1.82, 2.24) is 9.55 Å². The van der Waals surface area contributed by atoms with Crippen molar-refractivity contribution in [3.8, 4) is 0 Å². The lowest BCUT2D eigenvalue weighted by Crippen LogP contribution is -2.37. The van der Waals surface area contributed by atoms with Gasteiger partial charge in [-0.1, -0.05) is 6.92 Å². The first-order chi connectivity index (χ1) is 9.28. The summed E-state index contributed by atoms with van der Waals surface area (Å²) in [6.07, 6.45) is 5.49. The highest BCUT2D eigenvalue weighted by Crippen LogP contribution is 2.22. The molecule has 1 aromatic heterocycles. The predicted molar refractivity (Wildman–Crippen MR) is 77.5 cm³/mol. The Morgan fingerprint density at radius 3 is 2.74 bits per heavy atom. The molecule has 1 aliphatic rings. The van der Waals surface area contributed by atoms with Gasteiger partial charge in [0.05, 0.1) is 12.3 Å². The fourth-order valence-electron chi connectivity index (χ4n) is 2.60. The fraction of sp³-hybridized carbons (Fsp3) is 0.786. The minimum Gasteiger partial charge on any atom is -0.383 e. The van der Waals surface area contributed by atoms with E-state index in [1.54, 1.807) is 7.11 Å². The summed E-state index contributed by atoms with van der Waals surface area (Å²) in [7, 11) is 1.74. The number of nitrogens with two attached hydrogens (primary N) is 1. The molecule has 0 radical (unpaired) electrons. The van der Waals surface area contributed by atoms with Crippen LogP contribution < -0.4 is 10.6 Å². The van der Waals surface area contributed by atoms with E-state index in [0.29, 0.717) is 5.92 Å². The number of anilines is 1. The van der Waals surface area contributed by atoms with Crippen LogP contribution in [0.5, 0.6) is 0 Å². The summed E-state index contributed by atoms with van der Waals surface area (Å²) in [5.74, 6) is 1.79. The Hall–Kier alpha value is -1.07. The van der Waals surface area contributed by atoms with Crippen LogP contribution in [0.3, 0.4) is 0 Å². The normalized spacial score (nSPS) is 17.1. The molecule has 2 rings (SSSR count). The first-order valence-electron chi connectivity index (χ1n) is 7.28. The van der Waals surface area contributed by atoms with Crippen molar-refractivity contribution >= 4 is 5.95 Å². The number of aryl methyl sites for hydroxylation is 1. The summed E-state index contributed by atoms with van der Waals surface area (Å²) in [6, 6.07) is 0. The largest absolute Gasteiger partial charge is 0.383 e. The van der Waals surface area contributed by atoms with Crippen LogP contribution in [-0.4, -0.2) is 42.9 Å². The molecule has 0 unspecified atom stereocenters. The number of ether oxygens (including phenoxy) is 1. The Balaban J connectivity index is 2.07. The summed E-state index contributed by atoms with van der Waals surface area (Å²) in [5, 5.41) is 0. The molecule has 1 saturated heterocycles. The van der Waals surface area contributed by atoms with Gasteiger partial charge in [-0.05, 0) is 31.7 Å². The second kappa shape index (κ2) is 6.91. The Morgan fingerprint density at radius 2 is 2.16 bits per heavy atom.